The van der Waals surface area contributed by atoms with Crippen molar-refractivity contribution in [3.05, 3.63) is 52.6 Å². The van der Waals surface area contributed by atoms with E-state index in [4.69, 9.17) is 4.98 Å². The SMILES string of the molecule is Cc1cnc2c(c1)nc(-n1ccccc1=O)n2C1CCCC1. The Morgan fingerprint density at radius 3 is 2.82 bits per heavy atom. The van der Waals surface area contributed by atoms with Crippen molar-refractivity contribution in [2.75, 3.05) is 0 Å². The van der Waals surface area contributed by atoms with Crippen LogP contribution in [0, 0.1) is 6.92 Å². The van der Waals surface area contributed by atoms with Gasteiger partial charge in [-0.3, -0.25) is 13.9 Å². The van der Waals surface area contributed by atoms with Crippen LogP contribution in [0.5, 0.6) is 0 Å². The Bertz CT molecular complexity index is 887. The first kappa shape index (κ1) is 13.2. The normalized spacial score (nSPS) is 15.7. The zero-order valence-electron chi connectivity index (χ0n) is 12.6. The van der Waals surface area contributed by atoms with E-state index in [1.165, 1.54) is 12.8 Å². The molecule has 1 aliphatic carbocycles. The van der Waals surface area contributed by atoms with Crippen LogP contribution in [0.2, 0.25) is 0 Å². The minimum absolute atomic E-state index is 0.0613. The number of hydrogen-bond acceptors (Lipinski definition) is 3. The number of rotatable bonds is 2. The molecule has 0 bridgehead atoms. The lowest BCUT2D eigenvalue weighted by molar-refractivity contribution is 0.517. The molecule has 5 heteroatoms. The number of imidazole rings is 1. The van der Waals surface area contributed by atoms with Crippen molar-refractivity contribution in [1.82, 2.24) is 19.1 Å². The molecule has 1 saturated carbocycles. The fourth-order valence-corrected chi connectivity index (χ4v) is 3.33. The summed E-state index contributed by atoms with van der Waals surface area (Å²) in [6.07, 6.45) is 8.33. The van der Waals surface area contributed by atoms with Crippen molar-refractivity contribution in [3.63, 3.8) is 0 Å². The topological polar surface area (TPSA) is 52.7 Å². The van der Waals surface area contributed by atoms with E-state index >= 15 is 0 Å². The predicted molar refractivity (Wildman–Crippen MR) is 85.4 cm³/mol. The van der Waals surface area contributed by atoms with Gasteiger partial charge in [-0.15, -0.1) is 0 Å². The molecule has 5 nitrogen and oxygen atoms in total. The molecule has 22 heavy (non-hydrogen) atoms. The molecule has 4 rings (SSSR count). The molecule has 0 atom stereocenters. The number of aromatic nitrogens is 4. The van der Waals surface area contributed by atoms with Crippen molar-refractivity contribution >= 4 is 11.2 Å². The molecule has 1 fully saturated rings. The first-order valence-electron chi connectivity index (χ1n) is 7.77. The van der Waals surface area contributed by atoms with Gasteiger partial charge in [-0.2, -0.15) is 0 Å². The molecule has 0 radical (unpaired) electrons. The van der Waals surface area contributed by atoms with Gasteiger partial charge in [0.1, 0.15) is 5.52 Å². The molecule has 0 N–H and O–H groups in total. The van der Waals surface area contributed by atoms with E-state index in [1.54, 1.807) is 22.9 Å². The lowest BCUT2D eigenvalue weighted by atomic mass is 10.2. The fourth-order valence-electron chi connectivity index (χ4n) is 3.33. The van der Waals surface area contributed by atoms with Crippen LogP contribution in [0.1, 0.15) is 37.3 Å². The van der Waals surface area contributed by atoms with Gasteiger partial charge in [-0.1, -0.05) is 18.9 Å². The first-order chi connectivity index (χ1) is 10.7. The van der Waals surface area contributed by atoms with Gasteiger partial charge >= 0.3 is 0 Å². The number of hydrogen-bond donors (Lipinski definition) is 0. The highest BCUT2D eigenvalue weighted by Crippen LogP contribution is 2.34. The molecule has 3 heterocycles. The average molecular weight is 294 g/mol. The van der Waals surface area contributed by atoms with Crippen LogP contribution < -0.4 is 5.56 Å². The van der Waals surface area contributed by atoms with Crippen LogP contribution in [-0.4, -0.2) is 19.1 Å². The summed E-state index contributed by atoms with van der Waals surface area (Å²) in [4.78, 5) is 21.5. The van der Waals surface area contributed by atoms with E-state index in [1.807, 2.05) is 25.3 Å². The van der Waals surface area contributed by atoms with Crippen molar-refractivity contribution in [2.45, 2.75) is 38.6 Å². The molecule has 3 aromatic rings. The first-order valence-corrected chi connectivity index (χ1v) is 7.77. The van der Waals surface area contributed by atoms with Gasteiger partial charge in [-0.25, -0.2) is 9.97 Å². The van der Waals surface area contributed by atoms with E-state index < -0.39 is 0 Å². The van der Waals surface area contributed by atoms with Crippen LogP contribution in [0.15, 0.2) is 41.5 Å². The Balaban J connectivity index is 2.02. The quantitative estimate of drug-likeness (QED) is 0.730. The summed E-state index contributed by atoms with van der Waals surface area (Å²) in [6, 6.07) is 7.59. The summed E-state index contributed by atoms with van der Waals surface area (Å²) >= 11 is 0. The summed E-state index contributed by atoms with van der Waals surface area (Å²) in [7, 11) is 0. The third-order valence-corrected chi connectivity index (χ3v) is 4.38. The van der Waals surface area contributed by atoms with Gasteiger partial charge in [0.2, 0.25) is 5.95 Å². The lowest BCUT2D eigenvalue weighted by Crippen LogP contribution is -2.21. The highest BCUT2D eigenvalue weighted by molar-refractivity contribution is 5.74. The summed E-state index contributed by atoms with van der Waals surface area (Å²) < 4.78 is 3.78. The zero-order chi connectivity index (χ0) is 15.1. The second-order valence-electron chi connectivity index (χ2n) is 5.98. The third-order valence-electron chi connectivity index (χ3n) is 4.38. The largest absolute Gasteiger partial charge is 0.291 e. The molecular formula is C17H18N4O. The number of nitrogens with zero attached hydrogens (tertiary/aromatic N) is 4. The van der Waals surface area contributed by atoms with Crippen LogP contribution >= 0.6 is 0 Å². The minimum Gasteiger partial charge on any atom is -0.291 e. The lowest BCUT2D eigenvalue weighted by Gasteiger charge is -2.16. The van der Waals surface area contributed by atoms with E-state index in [2.05, 4.69) is 9.55 Å². The number of fused-ring (bicyclic) bond motifs is 1. The van der Waals surface area contributed by atoms with Crippen LogP contribution in [0.25, 0.3) is 17.1 Å². The molecule has 0 amide bonds. The second-order valence-corrected chi connectivity index (χ2v) is 5.98. The molecule has 0 aromatic carbocycles. The average Bonchev–Trinajstić information content (AvgIpc) is 3.13. The van der Waals surface area contributed by atoms with Gasteiger partial charge < -0.3 is 0 Å². The Kier molecular flexibility index (Phi) is 3.06. The van der Waals surface area contributed by atoms with Crippen LogP contribution in [-0.2, 0) is 0 Å². The van der Waals surface area contributed by atoms with Crippen LogP contribution in [0.4, 0.5) is 0 Å². The van der Waals surface area contributed by atoms with Gasteiger partial charge in [0.15, 0.2) is 5.65 Å². The van der Waals surface area contributed by atoms with E-state index in [0.29, 0.717) is 12.0 Å². The van der Waals surface area contributed by atoms with Gasteiger partial charge in [0.05, 0.1) is 0 Å². The molecular weight excluding hydrogens is 276 g/mol. The maximum atomic E-state index is 12.2. The highest BCUT2D eigenvalue weighted by Gasteiger charge is 2.24. The Morgan fingerprint density at radius 2 is 2.05 bits per heavy atom. The standard InChI is InChI=1S/C17H18N4O/c1-12-10-14-16(18-11-12)21(13-6-2-3-7-13)17(19-14)20-9-5-4-8-15(20)22/h4-5,8-11,13H,2-3,6-7H2,1H3. The third kappa shape index (κ3) is 2.04. The molecule has 1 aliphatic rings. The van der Waals surface area contributed by atoms with E-state index in [-0.39, 0.29) is 5.56 Å². The number of pyridine rings is 2. The smallest absolute Gasteiger partial charge is 0.257 e. The Labute approximate surface area is 128 Å². The molecule has 0 unspecified atom stereocenters. The summed E-state index contributed by atoms with van der Waals surface area (Å²) in [5.74, 6) is 0.686. The minimum atomic E-state index is -0.0613. The molecule has 3 aromatic heterocycles. The highest BCUT2D eigenvalue weighted by atomic mass is 16.1. The van der Waals surface area contributed by atoms with Gasteiger partial charge in [-0.05, 0) is 37.5 Å². The molecule has 112 valence electrons. The summed E-state index contributed by atoms with van der Waals surface area (Å²) in [5, 5.41) is 0. The van der Waals surface area contributed by atoms with E-state index in [9.17, 15) is 4.79 Å². The van der Waals surface area contributed by atoms with Crippen molar-refractivity contribution in [2.24, 2.45) is 0 Å². The fraction of sp³-hybridized carbons (Fsp3) is 0.353. The Hall–Kier alpha value is -2.43. The molecule has 0 saturated heterocycles. The monoisotopic (exact) mass is 294 g/mol. The van der Waals surface area contributed by atoms with Crippen LogP contribution in [0.3, 0.4) is 0 Å². The van der Waals surface area contributed by atoms with Crippen molar-refractivity contribution < 1.29 is 0 Å². The molecule has 0 aliphatic heterocycles. The maximum absolute atomic E-state index is 12.2. The second kappa shape index (κ2) is 5.09. The zero-order valence-corrected chi connectivity index (χ0v) is 12.6. The maximum Gasteiger partial charge on any atom is 0.257 e. The molecule has 0 spiro atoms. The number of aryl methyl sites for hydroxylation is 1. The Morgan fingerprint density at radius 1 is 1.23 bits per heavy atom. The van der Waals surface area contributed by atoms with Crippen molar-refractivity contribution in [1.29, 1.82) is 0 Å². The van der Waals surface area contributed by atoms with Gasteiger partial charge in [0, 0.05) is 24.5 Å². The predicted octanol–water partition coefficient (Wildman–Crippen LogP) is 3.01. The van der Waals surface area contributed by atoms with Crippen molar-refractivity contribution in [3.8, 4) is 5.95 Å². The van der Waals surface area contributed by atoms with Gasteiger partial charge in [0.25, 0.3) is 5.56 Å². The van der Waals surface area contributed by atoms with E-state index in [0.717, 1.165) is 29.6 Å². The summed E-state index contributed by atoms with van der Waals surface area (Å²) in [6.45, 7) is 2.01. The summed E-state index contributed by atoms with van der Waals surface area (Å²) in [5.41, 5.74) is 2.75.